The van der Waals surface area contributed by atoms with E-state index < -0.39 is 11.2 Å². The van der Waals surface area contributed by atoms with E-state index in [0.29, 0.717) is 23.0 Å². The van der Waals surface area contributed by atoms with Crippen LogP contribution in [0.1, 0.15) is 13.8 Å². The molecule has 33 heavy (non-hydrogen) atoms. The quantitative estimate of drug-likeness (QED) is 0.259. The Hall–Kier alpha value is -1.64. The van der Waals surface area contributed by atoms with E-state index in [4.69, 9.17) is 9.47 Å². The van der Waals surface area contributed by atoms with Crippen LogP contribution in [0.4, 0.5) is 0 Å². The van der Waals surface area contributed by atoms with E-state index in [0.717, 1.165) is 14.3 Å². The van der Waals surface area contributed by atoms with Crippen LogP contribution in [-0.2, 0) is 0 Å². The van der Waals surface area contributed by atoms with Gasteiger partial charge in [0.05, 0.1) is 4.47 Å². The van der Waals surface area contributed by atoms with Crippen molar-refractivity contribution in [3.63, 3.8) is 0 Å². The van der Waals surface area contributed by atoms with Gasteiger partial charge in [-0.3, -0.25) is 0 Å². The minimum atomic E-state index is -1.00. The molecule has 0 aliphatic rings. The topological polar surface area (TPSA) is 58.9 Å². The van der Waals surface area contributed by atoms with Gasteiger partial charge in [-0.25, -0.2) is 0 Å². The molecule has 3 rings (SSSR count). The van der Waals surface area contributed by atoms with E-state index in [1.54, 1.807) is 43.4 Å². The van der Waals surface area contributed by atoms with Crippen molar-refractivity contribution < 1.29 is 19.7 Å². The Morgan fingerprint density at radius 3 is 1.73 bits per heavy atom. The fraction of sp³-hybridized carbons (Fsp3) is 0.308. The van der Waals surface area contributed by atoms with Gasteiger partial charge in [-0.2, -0.15) is 0 Å². The molecule has 3 aromatic rings. The predicted molar refractivity (Wildman–Crippen MR) is 141 cm³/mol. The summed E-state index contributed by atoms with van der Waals surface area (Å²) >= 11 is 6.67. The second-order valence-electron chi connectivity index (χ2n) is 8.37. The Morgan fingerprint density at radius 2 is 1.21 bits per heavy atom. The molecular formula is C26H29BrO4S2. The van der Waals surface area contributed by atoms with Gasteiger partial charge in [-0.05, 0) is 66.2 Å². The summed E-state index contributed by atoms with van der Waals surface area (Å²) in [5.41, 5.74) is -2.00. The smallest absolute Gasteiger partial charge is 0.137 e. The van der Waals surface area contributed by atoms with Crippen LogP contribution in [0.25, 0.3) is 0 Å². The number of rotatable bonds is 12. The predicted octanol–water partition coefficient (Wildman–Crippen LogP) is 6.29. The Labute approximate surface area is 212 Å². The van der Waals surface area contributed by atoms with Crippen molar-refractivity contribution in [3.05, 3.63) is 83.3 Å². The number of halogens is 1. The van der Waals surface area contributed by atoms with E-state index in [1.165, 1.54) is 0 Å². The summed E-state index contributed by atoms with van der Waals surface area (Å²) in [6, 6.07) is 25.4. The monoisotopic (exact) mass is 548 g/mol. The van der Waals surface area contributed by atoms with Crippen molar-refractivity contribution in [2.45, 2.75) is 34.8 Å². The van der Waals surface area contributed by atoms with Gasteiger partial charge in [0.2, 0.25) is 0 Å². The molecule has 0 aliphatic carbocycles. The molecule has 0 bridgehead atoms. The first kappa shape index (κ1) is 26.0. The Kier molecular flexibility index (Phi) is 9.58. The lowest BCUT2D eigenvalue weighted by Crippen LogP contribution is -2.35. The van der Waals surface area contributed by atoms with Crippen LogP contribution < -0.4 is 9.47 Å². The van der Waals surface area contributed by atoms with Crippen molar-refractivity contribution in [1.29, 1.82) is 0 Å². The van der Waals surface area contributed by atoms with Crippen molar-refractivity contribution in [1.82, 2.24) is 0 Å². The minimum Gasteiger partial charge on any atom is -0.490 e. The number of benzene rings is 3. The third-order valence-corrected chi connectivity index (χ3v) is 7.98. The molecule has 2 unspecified atom stereocenters. The summed E-state index contributed by atoms with van der Waals surface area (Å²) in [6.07, 6.45) is 0. The van der Waals surface area contributed by atoms with E-state index in [-0.39, 0.29) is 13.2 Å². The van der Waals surface area contributed by atoms with E-state index in [2.05, 4.69) is 15.9 Å². The van der Waals surface area contributed by atoms with Crippen LogP contribution in [0.2, 0.25) is 0 Å². The fourth-order valence-corrected chi connectivity index (χ4v) is 4.93. The summed E-state index contributed by atoms with van der Waals surface area (Å²) < 4.78 is 12.5. The molecule has 2 N–H and O–H groups in total. The maximum absolute atomic E-state index is 10.7. The molecular weight excluding hydrogens is 520 g/mol. The number of hydrogen-bond acceptors (Lipinski definition) is 6. The minimum absolute atomic E-state index is 0.139. The van der Waals surface area contributed by atoms with E-state index in [9.17, 15) is 10.2 Å². The van der Waals surface area contributed by atoms with Crippen LogP contribution >= 0.6 is 39.5 Å². The van der Waals surface area contributed by atoms with Crippen molar-refractivity contribution in [3.8, 4) is 11.5 Å². The summed E-state index contributed by atoms with van der Waals surface area (Å²) in [5.74, 6) is 2.19. The first-order valence-corrected chi connectivity index (χ1v) is 13.3. The number of aliphatic hydroxyl groups is 2. The van der Waals surface area contributed by atoms with Crippen LogP contribution in [-0.4, -0.2) is 46.1 Å². The molecule has 0 saturated heterocycles. The highest BCUT2D eigenvalue weighted by Gasteiger charge is 2.24. The van der Waals surface area contributed by atoms with Crippen molar-refractivity contribution in [2.75, 3.05) is 24.7 Å². The molecule has 0 radical (unpaired) electrons. The van der Waals surface area contributed by atoms with Crippen LogP contribution in [0.5, 0.6) is 11.5 Å². The fourth-order valence-electron chi connectivity index (χ4n) is 2.75. The molecule has 0 spiro atoms. The molecule has 0 aromatic heterocycles. The lowest BCUT2D eigenvalue weighted by atomic mass is 10.1. The molecule has 0 saturated carbocycles. The molecule has 0 aliphatic heterocycles. The van der Waals surface area contributed by atoms with Crippen LogP contribution in [0.3, 0.4) is 0 Å². The highest BCUT2D eigenvalue weighted by molar-refractivity contribution is 9.10. The van der Waals surface area contributed by atoms with Gasteiger partial charge in [0.25, 0.3) is 0 Å². The summed E-state index contributed by atoms with van der Waals surface area (Å²) in [7, 11) is 0. The zero-order chi connectivity index (χ0) is 23.7. The molecule has 0 amide bonds. The molecule has 2 atom stereocenters. The van der Waals surface area contributed by atoms with Gasteiger partial charge in [0.1, 0.15) is 35.9 Å². The Morgan fingerprint density at radius 1 is 0.727 bits per heavy atom. The maximum Gasteiger partial charge on any atom is 0.137 e. The molecule has 176 valence electrons. The van der Waals surface area contributed by atoms with Gasteiger partial charge in [0, 0.05) is 27.4 Å². The molecule has 0 heterocycles. The first-order valence-electron chi connectivity index (χ1n) is 10.6. The van der Waals surface area contributed by atoms with Gasteiger partial charge in [-0.15, -0.1) is 23.5 Å². The molecule has 4 nitrogen and oxygen atoms in total. The summed E-state index contributed by atoms with van der Waals surface area (Å²) in [6.45, 7) is 3.82. The average Bonchev–Trinajstić information content (AvgIpc) is 2.82. The number of thioether (sulfide) groups is 2. The summed E-state index contributed by atoms with van der Waals surface area (Å²) in [5, 5.41) is 21.4. The highest BCUT2D eigenvalue weighted by atomic mass is 79.9. The van der Waals surface area contributed by atoms with Gasteiger partial charge < -0.3 is 19.7 Å². The SMILES string of the molecule is CC(O)(COc1ccc(Br)c(OCC(C)(O)CSc2ccccc2)c1)CSc1ccccc1. The van der Waals surface area contributed by atoms with Crippen molar-refractivity contribution in [2.24, 2.45) is 0 Å². The standard InChI is InChI=1S/C26H29BrO4S2/c1-25(28,18-32-21-9-5-3-6-10-21)16-30-20-13-14-23(27)24(15-20)31-17-26(2,29)19-33-22-11-7-4-8-12-22/h3-15,28-29H,16-19H2,1-2H3. The lowest BCUT2D eigenvalue weighted by Gasteiger charge is -2.25. The van der Waals surface area contributed by atoms with Gasteiger partial charge in [-0.1, -0.05) is 36.4 Å². The van der Waals surface area contributed by atoms with Crippen molar-refractivity contribution >= 4 is 39.5 Å². The Bertz CT molecular complexity index is 998. The largest absolute Gasteiger partial charge is 0.490 e. The number of ether oxygens (including phenoxy) is 2. The molecule has 7 heteroatoms. The zero-order valence-corrected chi connectivity index (χ0v) is 22.0. The highest BCUT2D eigenvalue weighted by Crippen LogP contribution is 2.32. The zero-order valence-electron chi connectivity index (χ0n) is 18.7. The maximum atomic E-state index is 10.7. The third kappa shape index (κ3) is 9.26. The lowest BCUT2D eigenvalue weighted by molar-refractivity contribution is 0.0302. The van der Waals surface area contributed by atoms with Gasteiger partial charge >= 0.3 is 0 Å². The molecule has 0 fully saturated rings. The Balaban J connectivity index is 1.51. The number of hydrogen-bond donors (Lipinski definition) is 2. The van der Waals surface area contributed by atoms with Crippen LogP contribution in [0, 0.1) is 0 Å². The van der Waals surface area contributed by atoms with E-state index >= 15 is 0 Å². The summed E-state index contributed by atoms with van der Waals surface area (Å²) in [4.78, 5) is 2.21. The first-order chi connectivity index (χ1) is 15.7. The molecule has 3 aromatic carbocycles. The third-order valence-electron chi connectivity index (χ3n) is 4.58. The van der Waals surface area contributed by atoms with Crippen LogP contribution in [0.15, 0.2) is 93.1 Å². The second kappa shape index (κ2) is 12.2. The second-order valence-corrected chi connectivity index (χ2v) is 11.3. The average molecular weight is 550 g/mol. The normalized spacial score (nSPS) is 14.8. The van der Waals surface area contributed by atoms with Gasteiger partial charge in [0.15, 0.2) is 0 Å². The van der Waals surface area contributed by atoms with E-state index in [1.807, 2.05) is 72.8 Å².